The summed E-state index contributed by atoms with van der Waals surface area (Å²) in [6.45, 7) is 0.327. The number of nitrogens with zero attached hydrogens (tertiary/aromatic N) is 1. The van der Waals surface area contributed by atoms with Crippen molar-refractivity contribution >= 4 is 32.5 Å². The van der Waals surface area contributed by atoms with Crippen LogP contribution in [0.4, 0.5) is 10.1 Å². The SMILES string of the molecule is O=C(Cc1ccc2c(c1)N(S(=O)(=O)c1ccc(F)cc1)CCC2)c1cc2ccccc2o1. The highest BCUT2D eigenvalue weighted by molar-refractivity contribution is 7.92. The van der Waals surface area contributed by atoms with Gasteiger partial charge in [0.25, 0.3) is 10.0 Å². The largest absolute Gasteiger partial charge is 0.453 e. The van der Waals surface area contributed by atoms with E-state index in [-0.39, 0.29) is 22.9 Å². The lowest BCUT2D eigenvalue weighted by atomic mass is 9.99. The smallest absolute Gasteiger partial charge is 0.264 e. The first-order valence-corrected chi connectivity index (χ1v) is 11.8. The summed E-state index contributed by atoms with van der Waals surface area (Å²) < 4.78 is 46.8. The molecule has 5 nitrogen and oxygen atoms in total. The molecular weight excluding hydrogens is 429 g/mol. The summed E-state index contributed by atoms with van der Waals surface area (Å²) in [6, 6.07) is 19.5. The molecule has 0 amide bonds. The first kappa shape index (κ1) is 20.5. The van der Waals surface area contributed by atoms with E-state index in [2.05, 4.69) is 0 Å². The number of benzene rings is 3. The van der Waals surface area contributed by atoms with Crippen molar-refractivity contribution in [1.29, 1.82) is 0 Å². The fraction of sp³-hybridized carbons (Fsp3) is 0.160. The van der Waals surface area contributed by atoms with Crippen molar-refractivity contribution in [3.05, 3.63) is 95.5 Å². The molecule has 0 fully saturated rings. The van der Waals surface area contributed by atoms with Crippen molar-refractivity contribution in [1.82, 2.24) is 0 Å². The predicted molar refractivity (Wildman–Crippen MR) is 120 cm³/mol. The summed E-state index contributed by atoms with van der Waals surface area (Å²) in [5, 5.41) is 0.859. The van der Waals surface area contributed by atoms with E-state index in [0.717, 1.165) is 29.5 Å². The summed E-state index contributed by atoms with van der Waals surface area (Å²) in [7, 11) is -3.84. The molecule has 0 saturated carbocycles. The van der Waals surface area contributed by atoms with Crippen molar-refractivity contribution in [2.75, 3.05) is 10.8 Å². The molecule has 5 rings (SSSR count). The number of Topliss-reactive ketones (excluding diaryl/α,β-unsaturated/α-hetero) is 1. The van der Waals surface area contributed by atoms with Gasteiger partial charge >= 0.3 is 0 Å². The monoisotopic (exact) mass is 449 g/mol. The minimum Gasteiger partial charge on any atom is -0.453 e. The number of anilines is 1. The number of carbonyl (C=O) groups excluding carboxylic acids is 1. The fourth-order valence-electron chi connectivity index (χ4n) is 4.07. The van der Waals surface area contributed by atoms with Crippen LogP contribution in [0.5, 0.6) is 0 Å². The quantitative estimate of drug-likeness (QED) is 0.396. The number of halogens is 1. The summed E-state index contributed by atoms with van der Waals surface area (Å²) in [5.74, 6) is -0.390. The van der Waals surface area contributed by atoms with E-state index in [1.807, 2.05) is 36.4 Å². The molecule has 0 aliphatic carbocycles. The summed E-state index contributed by atoms with van der Waals surface area (Å²) >= 11 is 0. The Kier molecular flexibility index (Phi) is 5.06. The van der Waals surface area contributed by atoms with Gasteiger partial charge in [0.15, 0.2) is 5.76 Å². The summed E-state index contributed by atoms with van der Waals surface area (Å²) in [4.78, 5) is 12.9. The second kappa shape index (κ2) is 7.91. The lowest BCUT2D eigenvalue weighted by molar-refractivity contribution is 0.0968. The van der Waals surface area contributed by atoms with Crippen molar-refractivity contribution in [2.45, 2.75) is 24.2 Å². The Morgan fingerprint density at radius 2 is 1.78 bits per heavy atom. The van der Waals surface area contributed by atoms with Crippen LogP contribution in [0, 0.1) is 5.82 Å². The van der Waals surface area contributed by atoms with Crippen molar-refractivity contribution in [2.24, 2.45) is 0 Å². The molecule has 1 aliphatic rings. The first-order valence-electron chi connectivity index (χ1n) is 10.3. The molecule has 0 atom stereocenters. The zero-order valence-electron chi connectivity index (χ0n) is 17.1. The number of hydrogen-bond donors (Lipinski definition) is 0. The van der Waals surface area contributed by atoms with Gasteiger partial charge in [-0.05, 0) is 66.4 Å². The second-order valence-electron chi connectivity index (χ2n) is 7.85. The number of ketones is 1. The topological polar surface area (TPSA) is 67.6 Å². The zero-order valence-corrected chi connectivity index (χ0v) is 17.9. The molecular formula is C25H20FNO4S. The third kappa shape index (κ3) is 3.69. The van der Waals surface area contributed by atoms with Crippen LogP contribution in [0.15, 0.2) is 82.1 Å². The van der Waals surface area contributed by atoms with Crippen LogP contribution in [-0.2, 0) is 22.9 Å². The maximum atomic E-state index is 13.3. The highest BCUT2D eigenvalue weighted by Crippen LogP contribution is 2.33. The van der Waals surface area contributed by atoms with E-state index < -0.39 is 15.8 Å². The fourth-order valence-corrected chi connectivity index (χ4v) is 5.60. The van der Waals surface area contributed by atoms with Crippen LogP contribution in [0.25, 0.3) is 11.0 Å². The Morgan fingerprint density at radius 3 is 2.56 bits per heavy atom. The zero-order chi connectivity index (χ0) is 22.3. The second-order valence-corrected chi connectivity index (χ2v) is 9.71. The van der Waals surface area contributed by atoms with Gasteiger partial charge in [-0.15, -0.1) is 0 Å². The van der Waals surface area contributed by atoms with E-state index in [1.165, 1.54) is 16.4 Å². The van der Waals surface area contributed by atoms with E-state index in [9.17, 15) is 17.6 Å². The van der Waals surface area contributed by atoms with Crippen molar-refractivity contribution in [3.8, 4) is 0 Å². The highest BCUT2D eigenvalue weighted by atomic mass is 32.2. The molecule has 0 spiro atoms. The molecule has 4 aromatic rings. The molecule has 0 saturated heterocycles. The molecule has 32 heavy (non-hydrogen) atoms. The number of para-hydroxylation sites is 1. The molecule has 1 aromatic heterocycles. The van der Waals surface area contributed by atoms with Crippen LogP contribution >= 0.6 is 0 Å². The van der Waals surface area contributed by atoms with Gasteiger partial charge in [-0.2, -0.15) is 0 Å². The van der Waals surface area contributed by atoms with E-state index in [4.69, 9.17) is 4.42 Å². The molecule has 0 N–H and O–H groups in total. The van der Waals surface area contributed by atoms with Gasteiger partial charge in [0, 0.05) is 18.4 Å². The number of aryl methyl sites for hydroxylation is 1. The minimum atomic E-state index is -3.84. The maximum Gasteiger partial charge on any atom is 0.264 e. The van der Waals surface area contributed by atoms with Gasteiger partial charge in [0.05, 0.1) is 10.6 Å². The standard InChI is InChI=1S/C25H20FNO4S/c26-20-9-11-21(12-10-20)32(29,30)27-13-3-5-18-8-7-17(14-22(18)27)15-23(28)25-16-19-4-1-2-6-24(19)31-25/h1-2,4,6-12,14,16H,3,5,13,15H2. The lowest BCUT2D eigenvalue weighted by Gasteiger charge is -2.31. The van der Waals surface area contributed by atoms with E-state index in [1.54, 1.807) is 12.1 Å². The van der Waals surface area contributed by atoms with Crippen LogP contribution in [0.2, 0.25) is 0 Å². The molecule has 1 aliphatic heterocycles. The average Bonchev–Trinajstić information content (AvgIpc) is 3.23. The number of hydrogen-bond acceptors (Lipinski definition) is 4. The number of rotatable bonds is 5. The number of carbonyl (C=O) groups is 1. The van der Waals surface area contributed by atoms with Crippen molar-refractivity contribution in [3.63, 3.8) is 0 Å². The van der Waals surface area contributed by atoms with Crippen LogP contribution in [0.1, 0.15) is 28.1 Å². The van der Waals surface area contributed by atoms with Gasteiger partial charge in [-0.25, -0.2) is 12.8 Å². The Bertz CT molecular complexity index is 1390. The molecule has 162 valence electrons. The average molecular weight is 450 g/mol. The highest BCUT2D eigenvalue weighted by Gasteiger charge is 2.29. The first-order chi connectivity index (χ1) is 15.4. The lowest BCUT2D eigenvalue weighted by Crippen LogP contribution is -2.35. The molecule has 7 heteroatoms. The van der Waals surface area contributed by atoms with E-state index >= 15 is 0 Å². The molecule has 0 bridgehead atoms. The van der Waals surface area contributed by atoms with Gasteiger partial charge in [-0.3, -0.25) is 9.10 Å². The summed E-state index contributed by atoms with van der Waals surface area (Å²) in [6.07, 6.45) is 1.53. The van der Waals surface area contributed by atoms with Gasteiger partial charge < -0.3 is 4.42 Å². The molecule has 0 radical (unpaired) electrons. The van der Waals surface area contributed by atoms with Crippen LogP contribution < -0.4 is 4.31 Å². The normalized spacial score (nSPS) is 13.8. The minimum absolute atomic E-state index is 0.0375. The molecule has 2 heterocycles. The Hall–Kier alpha value is -3.45. The van der Waals surface area contributed by atoms with Gasteiger partial charge in [0.1, 0.15) is 11.4 Å². The number of sulfonamides is 1. The van der Waals surface area contributed by atoms with Crippen LogP contribution in [0.3, 0.4) is 0 Å². The third-order valence-electron chi connectivity index (χ3n) is 5.69. The summed E-state index contributed by atoms with van der Waals surface area (Å²) in [5.41, 5.74) is 2.82. The van der Waals surface area contributed by atoms with E-state index in [0.29, 0.717) is 29.8 Å². The molecule has 3 aromatic carbocycles. The maximum absolute atomic E-state index is 13.3. The number of furan rings is 1. The molecule has 0 unspecified atom stereocenters. The Balaban J connectivity index is 1.46. The van der Waals surface area contributed by atoms with Crippen molar-refractivity contribution < 1.29 is 22.0 Å². The Labute approximate surface area is 185 Å². The van der Waals surface area contributed by atoms with Gasteiger partial charge in [0.2, 0.25) is 5.78 Å². The third-order valence-corrected chi connectivity index (χ3v) is 7.52. The Morgan fingerprint density at radius 1 is 1.00 bits per heavy atom. The van der Waals surface area contributed by atoms with Crippen LogP contribution in [-0.4, -0.2) is 20.7 Å². The van der Waals surface area contributed by atoms with Gasteiger partial charge in [-0.1, -0.05) is 30.3 Å². The predicted octanol–water partition coefficient (Wildman–Crippen LogP) is 5.14. The number of fused-ring (bicyclic) bond motifs is 2.